The van der Waals surface area contributed by atoms with Crippen molar-refractivity contribution in [3.63, 3.8) is 0 Å². The van der Waals surface area contributed by atoms with Gasteiger partial charge in [-0.3, -0.25) is 0 Å². The minimum atomic E-state index is 0.560. The summed E-state index contributed by atoms with van der Waals surface area (Å²) in [5.74, 6) is 0.718. The van der Waals surface area contributed by atoms with Crippen molar-refractivity contribution in [3.8, 4) is 6.07 Å². The van der Waals surface area contributed by atoms with Crippen LogP contribution in [0.25, 0.3) is 11.1 Å². The second-order valence-corrected chi connectivity index (χ2v) is 10.9. The molecule has 0 amide bonds. The molecule has 1 saturated carbocycles. The Morgan fingerprint density at radius 3 is 1.77 bits per heavy atom. The van der Waals surface area contributed by atoms with Gasteiger partial charge < -0.3 is 4.90 Å². The van der Waals surface area contributed by atoms with E-state index in [1.807, 2.05) is 12.1 Å². The molecule has 0 radical (unpaired) electrons. The summed E-state index contributed by atoms with van der Waals surface area (Å²) < 4.78 is 0. The first-order chi connectivity index (χ1) is 19.2. The molecule has 0 saturated heterocycles. The largest absolute Gasteiger partial charge is 0.305 e. The van der Waals surface area contributed by atoms with Gasteiger partial charge in [-0.1, -0.05) is 131 Å². The molecule has 3 aromatic rings. The number of nitrogens with zero attached hydrogens (tertiary/aromatic N) is 2. The minimum Gasteiger partial charge on any atom is -0.305 e. The van der Waals surface area contributed by atoms with Crippen molar-refractivity contribution in [2.45, 2.75) is 79.7 Å². The Hall–Kier alpha value is -3.41. The number of benzene rings is 3. The molecule has 0 atom stereocenters. The summed E-state index contributed by atoms with van der Waals surface area (Å²) in [5.41, 5.74) is 9.20. The molecule has 214 valence electrons. The van der Waals surface area contributed by atoms with Gasteiger partial charge in [0.25, 0.3) is 0 Å². The Morgan fingerprint density at radius 1 is 0.825 bits per heavy atom. The molecular weight excluding hydrogens is 484 g/mol. The van der Waals surface area contributed by atoms with Gasteiger partial charge in [-0.25, -0.2) is 0 Å². The van der Waals surface area contributed by atoms with E-state index < -0.39 is 0 Å². The molecule has 0 spiro atoms. The van der Waals surface area contributed by atoms with Gasteiger partial charge >= 0.3 is 0 Å². The summed E-state index contributed by atoms with van der Waals surface area (Å²) >= 11 is 0. The first kappa shape index (κ1) is 34.6. The second-order valence-electron chi connectivity index (χ2n) is 10.9. The molecule has 1 aliphatic rings. The Morgan fingerprint density at radius 2 is 1.30 bits per heavy atom. The minimum absolute atomic E-state index is 0.560. The fourth-order valence-electron chi connectivity index (χ4n) is 4.79. The van der Waals surface area contributed by atoms with Crippen molar-refractivity contribution < 1.29 is 0 Å². The van der Waals surface area contributed by atoms with Gasteiger partial charge in [0.2, 0.25) is 0 Å². The maximum Gasteiger partial charge on any atom is 0.0937 e. The summed E-state index contributed by atoms with van der Waals surface area (Å²) in [5, 5.41) is 7.79. The molecule has 4 rings (SSSR count). The van der Waals surface area contributed by atoms with Crippen LogP contribution in [0.3, 0.4) is 0 Å². The zero-order valence-electron chi connectivity index (χ0n) is 26.2. The van der Waals surface area contributed by atoms with Crippen LogP contribution in [0.15, 0.2) is 97.1 Å². The van der Waals surface area contributed by atoms with E-state index in [9.17, 15) is 0 Å². The normalized spacial score (nSPS) is 13.2. The predicted molar refractivity (Wildman–Crippen MR) is 177 cm³/mol. The number of allylic oxidation sites excluding steroid dienone is 3. The lowest BCUT2D eigenvalue weighted by Gasteiger charge is -2.28. The lowest BCUT2D eigenvalue weighted by molar-refractivity contribution is 0.402. The first-order valence-electron chi connectivity index (χ1n) is 14.8. The Bertz CT molecular complexity index is 1160. The molecule has 3 aromatic carbocycles. The molecule has 2 nitrogen and oxygen atoms in total. The van der Waals surface area contributed by atoms with Crippen molar-refractivity contribution in [3.05, 3.63) is 119 Å². The SMILES string of the molecule is C/C(=C(\c1ccccc1C)C1CCCCC1)c1ccccc1.C=C(C)C#N.CCC.CN(C)Cc1ccccc1. The second kappa shape index (κ2) is 20.5. The highest BCUT2D eigenvalue weighted by Gasteiger charge is 2.22. The van der Waals surface area contributed by atoms with Crippen LogP contribution in [0.4, 0.5) is 0 Å². The lowest BCUT2D eigenvalue weighted by Crippen LogP contribution is -2.11. The van der Waals surface area contributed by atoms with E-state index in [-0.39, 0.29) is 0 Å². The zero-order chi connectivity index (χ0) is 29.8. The fraction of sp³-hybridized carbons (Fsp3) is 0.395. The predicted octanol–water partition coefficient (Wildman–Crippen LogP) is 10.8. The maximum atomic E-state index is 7.79. The quantitative estimate of drug-likeness (QED) is 0.239. The zero-order valence-corrected chi connectivity index (χ0v) is 26.2. The van der Waals surface area contributed by atoms with Gasteiger partial charge in [-0.05, 0) is 87.0 Å². The van der Waals surface area contributed by atoms with Crippen LogP contribution >= 0.6 is 0 Å². The molecule has 1 aliphatic carbocycles. The van der Waals surface area contributed by atoms with E-state index in [1.54, 1.807) is 12.5 Å². The number of hydrogen-bond acceptors (Lipinski definition) is 2. The molecule has 0 unspecified atom stereocenters. The molecule has 40 heavy (non-hydrogen) atoms. The van der Waals surface area contributed by atoms with Gasteiger partial charge in [-0.2, -0.15) is 5.26 Å². The topological polar surface area (TPSA) is 27.0 Å². The number of rotatable bonds is 5. The van der Waals surface area contributed by atoms with Gasteiger partial charge in [0.15, 0.2) is 0 Å². The van der Waals surface area contributed by atoms with Crippen LogP contribution in [0.5, 0.6) is 0 Å². The summed E-state index contributed by atoms with van der Waals surface area (Å²) in [4.78, 5) is 2.16. The van der Waals surface area contributed by atoms with E-state index in [4.69, 9.17) is 5.26 Å². The maximum absolute atomic E-state index is 7.79. The molecule has 2 heteroatoms. The molecular formula is C38H52N2. The average Bonchev–Trinajstić information content (AvgIpc) is 2.96. The van der Waals surface area contributed by atoms with E-state index >= 15 is 0 Å². The monoisotopic (exact) mass is 536 g/mol. The van der Waals surface area contributed by atoms with Crippen LogP contribution < -0.4 is 0 Å². The standard InChI is InChI=1S/C22H26.C9H13N.C4H5N.C3H8/c1-17-11-9-10-16-21(17)22(20-14-7-4-8-15-20)18(2)19-12-5-3-6-13-19;1-10(2)8-9-6-4-3-5-7-9;1-4(2)3-5;1-3-2/h3,5-6,9-13,16,20H,4,7-8,14-15H2,1-2H3;3-7H,8H2,1-2H3;1H2,2H3;3H2,1-2H3/b22-18+;;;. The van der Waals surface area contributed by atoms with Gasteiger partial charge in [0.1, 0.15) is 0 Å². The molecule has 0 bridgehead atoms. The van der Waals surface area contributed by atoms with Crippen LogP contribution in [0.1, 0.15) is 88.5 Å². The van der Waals surface area contributed by atoms with E-state index in [2.05, 4.69) is 132 Å². The third-order valence-electron chi connectivity index (χ3n) is 6.59. The van der Waals surface area contributed by atoms with E-state index in [0.717, 1.165) is 12.5 Å². The molecule has 1 fully saturated rings. The first-order valence-corrected chi connectivity index (χ1v) is 14.8. The third-order valence-corrected chi connectivity index (χ3v) is 6.59. The highest BCUT2D eigenvalue weighted by Crippen LogP contribution is 2.40. The third kappa shape index (κ3) is 13.6. The van der Waals surface area contributed by atoms with Crippen molar-refractivity contribution in [2.75, 3.05) is 14.1 Å². The van der Waals surface area contributed by atoms with Crippen molar-refractivity contribution >= 4 is 11.1 Å². The average molecular weight is 537 g/mol. The van der Waals surface area contributed by atoms with Crippen LogP contribution in [0.2, 0.25) is 0 Å². The van der Waals surface area contributed by atoms with Crippen LogP contribution in [-0.4, -0.2) is 19.0 Å². The van der Waals surface area contributed by atoms with E-state index in [0.29, 0.717) is 5.57 Å². The molecule has 0 heterocycles. The molecule has 0 aliphatic heterocycles. The number of aryl methyl sites for hydroxylation is 1. The summed E-state index contributed by atoms with van der Waals surface area (Å²) in [6.45, 7) is 14.8. The van der Waals surface area contributed by atoms with Gasteiger partial charge in [0, 0.05) is 12.1 Å². The number of hydrogen-bond donors (Lipinski definition) is 0. The van der Waals surface area contributed by atoms with Crippen molar-refractivity contribution in [2.24, 2.45) is 5.92 Å². The fourth-order valence-corrected chi connectivity index (χ4v) is 4.79. The summed E-state index contributed by atoms with van der Waals surface area (Å²) in [6, 6.07) is 32.1. The van der Waals surface area contributed by atoms with E-state index in [1.165, 1.54) is 66.4 Å². The highest BCUT2D eigenvalue weighted by atomic mass is 15.0. The van der Waals surface area contributed by atoms with Crippen molar-refractivity contribution in [1.82, 2.24) is 4.90 Å². The lowest BCUT2D eigenvalue weighted by atomic mass is 9.77. The highest BCUT2D eigenvalue weighted by molar-refractivity contribution is 5.91. The molecule has 0 N–H and O–H groups in total. The van der Waals surface area contributed by atoms with Crippen LogP contribution in [-0.2, 0) is 6.54 Å². The van der Waals surface area contributed by atoms with Gasteiger partial charge in [-0.15, -0.1) is 0 Å². The summed E-state index contributed by atoms with van der Waals surface area (Å²) in [6.07, 6.45) is 8.09. The van der Waals surface area contributed by atoms with Gasteiger partial charge in [0.05, 0.1) is 6.07 Å². The Kier molecular flexibility index (Phi) is 17.7. The van der Waals surface area contributed by atoms with Crippen molar-refractivity contribution in [1.29, 1.82) is 5.26 Å². The summed E-state index contributed by atoms with van der Waals surface area (Å²) in [7, 11) is 4.15. The molecule has 0 aromatic heterocycles. The Labute approximate surface area is 246 Å². The van der Waals surface area contributed by atoms with Crippen LogP contribution in [0, 0.1) is 24.2 Å². The smallest absolute Gasteiger partial charge is 0.0937 e. The Balaban J connectivity index is 0.000000367. The number of nitriles is 1.